The summed E-state index contributed by atoms with van der Waals surface area (Å²) in [6.07, 6.45) is 1.03. The SMILES string of the molecule is CCN(CC)C(=O)CCCC(=O)Nc1ccc(C)c(C(=O)O)c1. The molecule has 0 aromatic heterocycles. The van der Waals surface area contributed by atoms with Crippen molar-refractivity contribution in [3.05, 3.63) is 29.3 Å². The van der Waals surface area contributed by atoms with E-state index in [1.165, 1.54) is 6.07 Å². The van der Waals surface area contributed by atoms with Crippen LogP contribution < -0.4 is 5.32 Å². The third-order valence-corrected chi connectivity index (χ3v) is 3.66. The number of carboxylic acid groups (broad SMARTS) is 1. The van der Waals surface area contributed by atoms with E-state index < -0.39 is 5.97 Å². The normalized spacial score (nSPS) is 10.2. The number of amides is 2. The molecule has 0 aliphatic carbocycles. The summed E-state index contributed by atoms with van der Waals surface area (Å²) in [5.41, 5.74) is 1.26. The molecule has 0 aliphatic rings. The second-order valence-electron chi connectivity index (χ2n) is 5.30. The lowest BCUT2D eigenvalue weighted by Gasteiger charge is -2.18. The molecule has 1 aromatic carbocycles. The molecule has 0 spiro atoms. The summed E-state index contributed by atoms with van der Waals surface area (Å²) in [6.45, 7) is 6.89. The van der Waals surface area contributed by atoms with Crippen LogP contribution in [0, 0.1) is 6.92 Å². The molecule has 2 amide bonds. The van der Waals surface area contributed by atoms with Gasteiger partial charge in [-0.05, 0) is 44.9 Å². The Hall–Kier alpha value is -2.37. The Bertz CT molecular complexity index is 580. The van der Waals surface area contributed by atoms with Crippen molar-refractivity contribution in [1.29, 1.82) is 0 Å². The highest BCUT2D eigenvalue weighted by Gasteiger charge is 2.12. The first-order valence-electron chi connectivity index (χ1n) is 7.80. The quantitative estimate of drug-likeness (QED) is 0.771. The van der Waals surface area contributed by atoms with E-state index >= 15 is 0 Å². The molecule has 126 valence electrons. The third-order valence-electron chi connectivity index (χ3n) is 3.66. The summed E-state index contributed by atoms with van der Waals surface area (Å²) in [4.78, 5) is 36.5. The van der Waals surface area contributed by atoms with Crippen molar-refractivity contribution in [3.63, 3.8) is 0 Å². The Morgan fingerprint density at radius 1 is 1.13 bits per heavy atom. The van der Waals surface area contributed by atoms with Crippen LogP contribution in [-0.2, 0) is 9.59 Å². The highest BCUT2D eigenvalue weighted by atomic mass is 16.4. The minimum Gasteiger partial charge on any atom is -0.478 e. The highest BCUT2D eigenvalue weighted by Crippen LogP contribution is 2.16. The zero-order chi connectivity index (χ0) is 17.4. The van der Waals surface area contributed by atoms with E-state index in [-0.39, 0.29) is 23.8 Å². The van der Waals surface area contributed by atoms with Gasteiger partial charge in [-0.1, -0.05) is 6.07 Å². The smallest absolute Gasteiger partial charge is 0.336 e. The topological polar surface area (TPSA) is 86.7 Å². The molecule has 6 nitrogen and oxygen atoms in total. The van der Waals surface area contributed by atoms with Gasteiger partial charge in [-0.3, -0.25) is 9.59 Å². The van der Waals surface area contributed by atoms with Crippen LogP contribution in [-0.4, -0.2) is 40.9 Å². The highest BCUT2D eigenvalue weighted by molar-refractivity contribution is 5.94. The fourth-order valence-electron chi connectivity index (χ4n) is 2.29. The van der Waals surface area contributed by atoms with Gasteiger partial charge in [-0.25, -0.2) is 4.79 Å². The summed E-state index contributed by atoms with van der Waals surface area (Å²) in [5, 5.41) is 11.7. The van der Waals surface area contributed by atoms with Crippen LogP contribution >= 0.6 is 0 Å². The molecule has 0 heterocycles. The van der Waals surface area contributed by atoms with E-state index in [4.69, 9.17) is 5.11 Å². The number of anilines is 1. The lowest BCUT2D eigenvalue weighted by molar-refractivity contribution is -0.131. The minimum absolute atomic E-state index is 0.0475. The molecule has 0 atom stereocenters. The van der Waals surface area contributed by atoms with E-state index in [1.54, 1.807) is 24.0 Å². The van der Waals surface area contributed by atoms with Gasteiger partial charge < -0.3 is 15.3 Å². The largest absolute Gasteiger partial charge is 0.478 e. The van der Waals surface area contributed by atoms with Gasteiger partial charge in [0.15, 0.2) is 0 Å². The maximum atomic E-state index is 11.9. The lowest BCUT2D eigenvalue weighted by Crippen LogP contribution is -2.30. The maximum absolute atomic E-state index is 11.9. The Morgan fingerprint density at radius 2 is 1.78 bits per heavy atom. The molecule has 0 fully saturated rings. The number of hydrogen-bond donors (Lipinski definition) is 2. The third kappa shape index (κ3) is 5.73. The van der Waals surface area contributed by atoms with Gasteiger partial charge in [0.1, 0.15) is 0 Å². The van der Waals surface area contributed by atoms with Crippen molar-refractivity contribution < 1.29 is 19.5 Å². The molecule has 2 N–H and O–H groups in total. The number of benzene rings is 1. The number of nitrogens with one attached hydrogen (secondary N) is 1. The molecular formula is C17H24N2O4. The summed E-state index contributed by atoms with van der Waals surface area (Å²) in [6, 6.07) is 4.76. The summed E-state index contributed by atoms with van der Waals surface area (Å²) in [5.74, 6) is -1.20. The Labute approximate surface area is 136 Å². The van der Waals surface area contributed by atoms with Crippen molar-refractivity contribution in [3.8, 4) is 0 Å². The average Bonchev–Trinajstić information content (AvgIpc) is 2.50. The minimum atomic E-state index is -1.02. The molecule has 0 unspecified atom stereocenters. The summed E-state index contributed by atoms with van der Waals surface area (Å²) < 4.78 is 0. The monoisotopic (exact) mass is 320 g/mol. The number of carbonyl (C=O) groups is 3. The van der Waals surface area contributed by atoms with E-state index in [0.717, 1.165) is 0 Å². The number of carbonyl (C=O) groups excluding carboxylic acids is 2. The van der Waals surface area contributed by atoms with Crippen molar-refractivity contribution >= 4 is 23.5 Å². The second-order valence-corrected chi connectivity index (χ2v) is 5.30. The molecule has 23 heavy (non-hydrogen) atoms. The first-order valence-corrected chi connectivity index (χ1v) is 7.80. The molecule has 0 saturated carbocycles. The maximum Gasteiger partial charge on any atom is 0.336 e. The van der Waals surface area contributed by atoms with Gasteiger partial charge in [0.05, 0.1) is 5.56 Å². The zero-order valence-electron chi connectivity index (χ0n) is 13.9. The average molecular weight is 320 g/mol. The predicted octanol–water partition coefficient (Wildman–Crippen LogP) is 2.67. The predicted molar refractivity (Wildman–Crippen MR) is 88.5 cm³/mol. The molecular weight excluding hydrogens is 296 g/mol. The molecule has 0 bridgehead atoms. The van der Waals surface area contributed by atoms with Gasteiger partial charge >= 0.3 is 5.97 Å². The van der Waals surface area contributed by atoms with Crippen LogP contribution in [0.2, 0.25) is 0 Å². The van der Waals surface area contributed by atoms with Gasteiger partial charge in [0.2, 0.25) is 11.8 Å². The number of rotatable bonds is 8. The van der Waals surface area contributed by atoms with Crippen LogP contribution in [0.4, 0.5) is 5.69 Å². The van der Waals surface area contributed by atoms with Gasteiger partial charge in [0.25, 0.3) is 0 Å². The van der Waals surface area contributed by atoms with Crippen molar-refractivity contribution in [2.75, 3.05) is 18.4 Å². The number of nitrogens with zero attached hydrogens (tertiary/aromatic N) is 1. The number of carboxylic acids is 1. The van der Waals surface area contributed by atoms with Crippen LogP contribution in [0.3, 0.4) is 0 Å². The van der Waals surface area contributed by atoms with Crippen LogP contribution in [0.15, 0.2) is 18.2 Å². The van der Waals surface area contributed by atoms with Crippen molar-refractivity contribution in [2.24, 2.45) is 0 Å². The number of aryl methyl sites for hydroxylation is 1. The molecule has 1 aromatic rings. The van der Waals surface area contributed by atoms with Crippen LogP contribution in [0.25, 0.3) is 0 Å². The number of aromatic carboxylic acids is 1. The van der Waals surface area contributed by atoms with E-state index in [0.29, 0.717) is 37.2 Å². The molecule has 0 radical (unpaired) electrons. The Kier molecular flexibility index (Phi) is 7.25. The second kappa shape index (κ2) is 8.92. The fourth-order valence-corrected chi connectivity index (χ4v) is 2.29. The van der Waals surface area contributed by atoms with Crippen LogP contribution in [0.1, 0.15) is 49.0 Å². The molecule has 1 rings (SSSR count). The van der Waals surface area contributed by atoms with Crippen molar-refractivity contribution in [2.45, 2.75) is 40.0 Å². The number of hydrogen-bond acceptors (Lipinski definition) is 3. The standard InChI is InChI=1S/C17H24N2O4/c1-4-19(5-2)16(21)8-6-7-15(20)18-13-10-9-12(3)14(11-13)17(22)23/h9-11H,4-8H2,1-3H3,(H,18,20)(H,22,23). The van der Waals surface area contributed by atoms with E-state index in [1.807, 2.05) is 13.8 Å². The molecule has 6 heteroatoms. The first-order chi connectivity index (χ1) is 10.9. The Morgan fingerprint density at radius 3 is 2.35 bits per heavy atom. The lowest BCUT2D eigenvalue weighted by atomic mass is 10.1. The van der Waals surface area contributed by atoms with Gasteiger partial charge in [0, 0.05) is 31.6 Å². The van der Waals surface area contributed by atoms with Crippen LogP contribution in [0.5, 0.6) is 0 Å². The summed E-state index contributed by atoms with van der Waals surface area (Å²) in [7, 11) is 0. The molecule has 0 saturated heterocycles. The first kappa shape index (κ1) is 18.7. The zero-order valence-corrected chi connectivity index (χ0v) is 13.9. The van der Waals surface area contributed by atoms with Gasteiger partial charge in [-0.2, -0.15) is 0 Å². The fraction of sp³-hybridized carbons (Fsp3) is 0.471. The van der Waals surface area contributed by atoms with Gasteiger partial charge in [-0.15, -0.1) is 0 Å². The van der Waals surface area contributed by atoms with E-state index in [9.17, 15) is 14.4 Å². The van der Waals surface area contributed by atoms with E-state index in [2.05, 4.69) is 5.32 Å². The van der Waals surface area contributed by atoms with Crippen molar-refractivity contribution in [1.82, 2.24) is 4.90 Å². The Balaban J connectivity index is 2.50. The summed E-state index contributed by atoms with van der Waals surface area (Å²) >= 11 is 0. The molecule has 0 aliphatic heterocycles.